The summed E-state index contributed by atoms with van der Waals surface area (Å²) in [5.74, 6) is -1.41. The monoisotopic (exact) mass is 164 g/mol. The van der Waals surface area contributed by atoms with Crippen LogP contribution in [0.4, 0.5) is 0 Å². The first-order chi connectivity index (χ1) is 5.04. The molecule has 0 aromatic rings. The van der Waals surface area contributed by atoms with Crippen molar-refractivity contribution in [1.29, 1.82) is 0 Å². The van der Waals surface area contributed by atoms with E-state index in [0.717, 1.165) is 0 Å². The van der Waals surface area contributed by atoms with Gasteiger partial charge in [0, 0.05) is 0 Å². The topological polar surface area (TPSA) is 107 Å². The fourth-order valence-electron chi connectivity index (χ4n) is 0.863. The van der Waals surface area contributed by atoms with Gasteiger partial charge in [0.25, 0.3) is 0 Å². The second-order valence-electron chi connectivity index (χ2n) is 2.27. The Labute approximate surface area is 61.6 Å². The summed E-state index contributed by atoms with van der Waals surface area (Å²) in [5, 5.41) is 34.7. The van der Waals surface area contributed by atoms with Gasteiger partial charge in [-0.05, 0) is 0 Å². The molecule has 11 heavy (non-hydrogen) atoms. The lowest BCUT2D eigenvalue weighted by Gasteiger charge is -2.08. The summed E-state index contributed by atoms with van der Waals surface area (Å²) in [6.45, 7) is 0. The second kappa shape index (κ2) is 2.74. The maximum atomic E-state index is 10.2. The average Bonchev–Trinajstić information content (AvgIpc) is 2.17. The maximum absolute atomic E-state index is 10.2. The molecule has 0 bridgehead atoms. The van der Waals surface area contributed by atoms with E-state index >= 15 is 0 Å². The number of aliphatic carboxylic acids is 1. The molecule has 0 aliphatic carbocycles. The van der Waals surface area contributed by atoms with Crippen LogP contribution < -0.4 is 0 Å². The molecule has 4 atom stereocenters. The Hall–Kier alpha value is -0.690. The number of rotatable bonds is 1. The number of aliphatic hydroxyl groups excluding tert-OH is 3. The molecule has 0 aromatic heterocycles. The van der Waals surface area contributed by atoms with Crippen molar-refractivity contribution in [3.05, 3.63) is 0 Å². The van der Waals surface area contributed by atoms with Gasteiger partial charge < -0.3 is 25.2 Å². The van der Waals surface area contributed by atoms with Crippen LogP contribution in [0.15, 0.2) is 0 Å². The zero-order valence-corrected chi connectivity index (χ0v) is 5.41. The number of hydrogen-bond acceptors (Lipinski definition) is 5. The molecule has 0 radical (unpaired) electrons. The van der Waals surface area contributed by atoms with E-state index in [1.807, 2.05) is 0 Å². The Morgan fingerprint density at radius 2 is 1.73 bits per heavy atom. The van der Waals surface area contributed by atoms with Gasteiger partial charge in [0.05, 0.1) is 0 Å². The summed E-state index contributed by atoms with van der Waals surface area (Å²) in [7, 11) is 0. The van der Waals surface area contributed by atoms with Crippen LogP contribution in [0.3, 0.4) is 0 Å². The standard InChI is InChI=1S/C5H8O6/c6-1-2(7)5(10)11-3(1)4(8)9/h1-3,5-7,10H,(H,8,9)/t1-,2+,3-,5+/m1/s1. The summed E-state index contributed by atoms with van der Waals surface area (Å²) < 4.78 is 4.30. The van der Waals surface area contributed by atoms with Gasteiger partial charge in [-0.3, -0.25) is 0 Å². The third kappa shape index (κ3) is 1.33. The van der Waals surface area contributed by atoms with Crippen molar-refractivity contribution >= 4 is 5.97 Å². The molecule has 0 spiro atoms. The highest BCUT2D eigenvalue weighted by Gasteiger charge is 2.45. The predicted octanol–water partition coefficient (Wildman–Crippen LogP) is -2.49. The summed E-state index contributed by atoms with van der Waals surface area (Å²) in [4.78, 5) is 10.2. The van der Waals surface area contributed by atoms with E-state index in [1.165, 1.54) is 0 Å². The molecule has 0 amide bonds. The number of carbonyl (C=O) groups is 1. The number of hydrogen-bond donors (Lipinski definition) is 4. The Morgan fingerprint density at radius 3 is 1.91 bits per heavy atom. The van der Waals surface area contributed by atoms with Crippen LogP contribution in [-0.2, 0) is 9.53 Å². The smallest absolute Gasteiger partial charge is 0.335 e. The number of carboxylic acids is 1. The van der Waals surface area contributed by atoms with Crippen molar-refractivity contribution < 1.29 is 30.0 Å². The minimum absolute atomic E-state index is 1.41. The first-order valence-electron chi connectivity index (χ1n) is 2.96. The zero-order chi connectivity index (χ0) is 8.59. The molecular weight excluding hydrogens is 156 g/mol. The van der Waals surface area contributed by atoms with Crippen LogP contribution in [-0.4, -0.2) is 51.0 Å². The lowest BCUT2D eigenvalue weighted by atomic mass is 10.1. The number of aliphatic hydroxyl groups is 3. The van der Waals surface area contributed by atoms with E-state index in [1.54, 1.807) is 0 Å². The Kier molecular flexibility index (Phi) is 2.10. The molecule has 1 aliphatic heterocycles. The molecule has 0 unspecified atom stereocenters. The molecule has 64 valence electrons. The van der Waals surface area contributed by atoms with Crippen molar-refractivity contribution in [1.82, 2.24) is 0 Å². The van der Waals surface area contributed by atoms with Crippen molar-refractivity contribution in [2.75, 3.05) is 0 Å². The van der Waals surface area contributed by atoms with E-state index in [-0.39, 0.29) is 0 Å². The van der Waals surface area contributed by atoms with E-state index < -0.39 is 30.6 Å². The molecule has 6 nitrogen and oxygen atoms in total. The lowest BCUT2D eigenvalue weighted by molar-refractivity contribution is -0.165. The van der Waals surface area contributed by atoms with Gasteiger partial charge in [-0.25, -0.2) is 4.79 Å². The molecule has 0 aromatic carbocycles. The van der Waals surface area contributed by atoms with E-state index in [4.69, 9.17) is 20.4 Å². The molecule has 1 rings (SSSR count). The van der Waals surface area contributed by atoms with Crippen molar-refractivity contribution in [3.8, 4) is 0 Å². The third-order valence-corrected chi connectivity index (χ3v) is 1.48. The molecule has 1 heterocycles. The molecule has 1 aliphatic rings. The quantitative estimate of drug-likeness (QED) is 0.341. The van der Waals surface area contributed by atoms with Gasteiger partial charge in [-0.15, -0.1) is 0 Å². The third-order valence-electron chi connectivity index (χ3n) is 1.48. The van der Waals surface area contributed by atoms with Crippen LogP contribution in [0.2, 0.25) is 0 Å². The van der Waals surface area contributed by atoms with Crippen LogP contribution in [0.5, 0.6) is 0 Å². The van der Waals surface area contributed by atoms with Crippen LogP contribution in [0.1, 0.15) is 0 Å². The zero-order valence-electron chi connectivity index (χ0n) is 5.41. The molecule has 1 saturated heterocycles. The van der Waals surface area contributed by atoms with Gasteiger partial charge in [0.2, 0.25) is 0 Å². The van der Waals surface area contributed by atoms with Crippen LogP contribution in [0, 0.1) is 0 Å². The van der Waals surface area contributed by atoms with Crippen molar-refractivity contribution in [3.63, 3.8) is 0 Å². The molecule has 4 N–H and O–H groups in total. The van der Waals surface area contributed by atoms with Crippen molar-refractivity contribution in [2.24, 2.45) is 0 Å². The average molecular weight is 164 g/mol. The Morgan fingerprint density at radius 1 is 1.18 bits per heavy atom. The van der Waals surface area contributed by atoms with Gasteiger partial charge in [0.15, 0.2) is 12.4 Å². The summed E-state index contributed by atoms with van der Waals surface area (Å²) in [6.07, 6.45) is -6.27. The molecule has 0 saturated carbocycles. The number of carboxylic acid groups (broad SMARTS) is 1. The fourth-order valence-corrected chi connectivity index (χ4v) is 0.863. The molecular formula is C5H8O6. The highest BCUT2D eigenvalue weighted by atomic mass is 16.7. The first-order valence-corrected chi connectivity index (χ1v) is 2.96. The second-order valence-corrected chi connectivity index (χ2v) is 2.27. The van der Waals surface area contributed by atoms with Gasteiger partial charge in [-0.1, -0.05) is 0 Å². The van der Waals surface area contributed by atoms with Gasteiger partial charge >= 0.3 is 5.97 Å². The lowest BCUT2D eigenvalue weighted by Crippen LogP contribution is -2.36. The van der Waals surface area contributed by atoms with E-state index in [2.05, 4.69) is 4.74 Å². The highest BCUT2D eigenvalue weighted by molar-refractivity contribution is 5.73. The van der Waals surface area contributed by atoms with Crippen LogP contribution >= 0.6 is 0 Å². The van der Waals surface area contributed by atoms with E-state index in [0.29, 0.717) is 0 Å². The Balaban J connectivity index is 2.67. The normalized spacial score (nSPS) is 44.3. The van der Waals surface area contributed by atoms with Crippen molar-refractivity contribution in [2.45, 2.75) is 24.6 Å². The van der Waals surface area contributed by atoms with Crippen LogP contribution in [0.25, 0.3) is 0 Å². The predicted molar refractivity (Wildman–Crippen MR) is 30.5 cm³/mol. The Bertz CT molecular complexity index is 168. The van der Waals surface area contributed by atoms with Gasteiger partial charge in [-0.2, -0.15) is 0 Å². The van der Waals surface area contributed by atoms with Gasteiger partial charge in [0.1, 0.15) is 12.2 Å². The SMILES string of the molecule is O=C(O)[C@@H]1O[C@H](O)[C@@H](O)[C@H]1O. The first kappa shape index (κ1) is 8.41. The summed E-state index contributed by atoms with van der Waals surface area (Å²) in [6, 6.07) is 0. The van der Waals surface area contributed by atoms with E-state index in [9.17, 15) is 4.79 Å². The maximum Gasteiger partial charge on any atom is 0.335 e. The molecule has 1 fully saturated rings. The summed E-state index contributed by atoms with van der Waals surface area (Å²) >= 11 is 0. The fraction of sp³-hybridized carbons (Fsp3) is 0.800. The largest absolute Gasteiger partial charge is 0.479 e. The minimum atomic E-state index is -1.62. The molecule has 6 heteroatoms. The number of ether oxygens (including phenoxy) is 1. The minimum Gasteiger partial charge on any atom is -0.479 e. The summed E-state index contributed by atoms with van der Waals surface area (Å²) in [5.41, 5.74) is 0. The highest BCUT2D eigenvalue weighted by Crippen LogP contribution is 2.19.